The predicted octanol–water partition coefficient (Wildman–Crippen LogP) is -11.3. The van der Waals surface area contributed by atoms with Gasteiger partial charge in [-0.25, -0.2) is 9.59 Å². The number of rotatable bonds is 16. The highest BCUT2D eigenvalue weighted by atomic mass is 16.8. The SMILES string of the molecule is CC(=O)N[C@@H]1[C@@H](O[C@@H]2O[C@H](C(=O)O)[C@@H](O)[C@H](O)[C@H]2O)[C@@H](O)[C@@H](CO[C@@H]2O[C@H](CO[C@@H]3O[C@H](CO)[C@H](O)[C@H](O)[C@H]3NC(C)=O)[C@H](O)[C@H](O[C@@H]3O[C@H](C(=O)O)[C@@H](O)[C@H](O)[C@H]3O)[C@H]2NC(C)=O)O[C@H]1O. The van der Waals surface area contributed by atoms with Gasteiger partial charge in [-0.3, -0.25) is 14.4 Å². The van der Waals surface area contributed by atoms with Crippen molar-refractivity contribution in [2.45, 2.75) is 174 Å². The van der Waals surface area contributed by atoms with Gasteiger partial charge in [-0.05, 0) is 0 Å². The number of amides is 3. The molecule has 5 heterocycles. The van der Waals surface area contributed by atoms with Gasteiger partial charge in [0.15, 0.2) is 43.7 Å². The fourth-order valence-corrected chi connectivity index (χ4v) is 8.00. The third-order valence-electron chi connectivity index (χ3n) is 11.4. The standard InChI is InChI=1S/C36H57N3O28/c1-7(41)37-13-19(47)16(44)10(4-40)62-33(13)59-6-12-18(46)27(65-36-25(53)21(49)23(51)29(67-36)31(56)57)15(39-9(3)43)34(63-12)60-5-11-17(45)26(14(32(58)61-11)38-8(2)42)64-35-24(52)20(48)22(50)28(66-35)30(54)55/h10-29,32-36,40,44-53,58H,4-6H2,1-3H3,(H,37,41)(H,38,42)(H,39,43)(H,54,55)(H,56,57)/t10-,11-,12-,13-,14-,15-,16+,17+,18+,19-,20+,21+,22+,23+,24-,25-,26-,27-,28+,29+,32-,33-,34-,35-,36-/m1/s1. The number of carboxylic acids is 2. The minimum Gasteiger partial charge on any atom is -0.479 e. The van der Waals surface area contributed by atoms with Crippen LogP contribution in [0.15, 0.2) is 0 Å². The van der Waals surface area contributed by atoms with Gasteiger partial charge in [-0.15, -0.1) is 0 Å². The van der Waals surface area contributed by atoms with Crippen molar-refractivity contribution in [2.24, 2.45) is 0 Å². The highest BCUT2D eigenvalue weighted by molar-refractivity contribution is 5.75. The molecule has 0 spiro atoms. The van der Waals surface area contributed by atoms with Gasteiger partial charge in [-0.1, -0.05) is 0 Å². The van der Waals surface area contributed by atoms with E-state index in [9.17, 15) is 95.5 Å². The average Bonchev–Trinajstić information content (AvgIpc) is 3.25. The minimum absolute atomic E-state index is 0.737. The van der Waals surface area contributed by atoms with Gasteiger partial charge in [0.1, 0.15) is 110 Å². The van der Waals surface area contributed by atoms with E-state index in [1.807, 2.05) is 0 Å². The van der Waals surface area contributed by atoms with Crippen LogP contribution in [-0.2, 0) is 66.6 Å². The van der Waals surface area contributed by atoms with E-state index in [-0.39, 0.29) is 0 Å². The topological polar surface area (TPSA) is 488 Å². The first kappa shape index (κ1) is 54.5. The fourth-order valence-electron chi connectivity index (χ4n) is 8.00. The zero-order valence-corrected chi connectivity index (χ0v) is 35.5. The molecule has 0 aromatic heterocycles. The molecule has 0 aromatic carbocycles. The van der Waals surface area contributed by atoms with Crippen LogP contribution in [0.25, 0.3) is 0 Å². The Morgan fingerprint density at radius 2 is 0.821 bits per heavy atom. The van der Waals surface area contributed by atoms with E-state index in [1.165, 1.54) is 0 Å². The Morgan fingerprint density at radius 1 is 0.433 bits per heavy atom. The number of aliphatic carboxylic acids is 2. The first-order valence-electron chi connectivity index (χ1n) is 20.6. The lowest BCUT2D eigenvalue weighted by atomic mass is 9.94. The molecule has 0 unspecified atom stereocenters. The summed E-state index contributed by atoms with van der Waals surface area (Å²) < 4.78 is 50.6. The molecule has 5 aliphatic rings. The number of hydrogen-bond acceptors (Lipinski definition) is 26. The second-order valence-electron chi connectivity index (χ2n) is 16.3. The minimum atomic E-state index is -2.23. The number of carbonyl (C=O) groups excluding carboxylic acids is 3. The Labute approximate surface area is 377 Å². The maximum absolute atomic E-state index is 12.7. The van der Waals surface area contributed by atoms with E-state index >= 15 is 0 Å². The quantitative estimate of drug-likeness (QED) is 0.0683. The largest absolute Gasteiger partial charge is 0.479 e. The van der Waals surface area contributed by atoms with Crippen molar-refractivity contribution in [1.29, 1.82) is 0 Å². The summed E-state index contributed by atoms with van der Waals surface area (Å²) in [6, 6.07) is -5.03. The second-order valence-corrected chi connectivity index (χ2v) is 16.3. The number of aliphatic hydroxyl groups is 12. The van der Waals surface area contributed by atoms with Crippen molar-refractivity contribution in [1.82, 2.24) is 16.0 Å². The molecule has 0 aliphatic carbocycles. The summed E-state index contributed by atoms with van der Waals surface area (Å²) in [7, 11) is 0. The Morgan fingerprint density at radius 3 is 1.25 bits per heavy atom. The number of hydrogen-bond donors (Lipinski definition) is 17. The molecule has 31 heteroatoms. The molecular formula is C36H57N3O28. The van der Waals surface area contributed by atoms with Crippen LogP contribution < -0.4 is 16.0 Å². The van der Waals surface area contributed by atoms with Crippen molar-refractivity contribution in [3.8, 4) is 0 Å². The number of carbonyl (C=O) groups is 5. The molecule has 5 rings (SSSR count). The Hall–Kier alpha value is -3.49. The molecule has 25 atom stereocenters. The third-order valence-corrected chi connectivity index (χ3v) is 11.4. The van der Waals surface area contributed by atoms with E-state index < -0.39 is 203 Å². The van der Waals surface area contributed by atoms with Crippen LogP contribution in [0.3, 0.4) is 0 Å². The van der Waals surface area contributed by atoms with Crippen LogP contribution in [0.2, 0.25) is 0 Å². The summed E-state index contributed by atoms with van der Waals surface area (Å²) in [6.07, 6.45) is -44.4. The van der Waals surface area contributed by atoms with Crippen LogP contribution in [0.4, 0.5) is 0 Å². The van der Waals surface area contributed by atoms with Gasteiger partial charge in [0, 0.05) is 20.8 Å². The molecule has 17 N–H and O–H groups in total. The van der Waals surface area contributed by atoms with E-state index in [2.05, 4.69) is 16.0 Å². The fraction of sp³-hybridized carbons (Fsp3) is 0.861. The van der Waals surface area contributed by atoms with Crippen LogP contribution in [0.1, 0.15) is 20.8 Å². The smallest absolute Gasteiger partial charge is 0.335 e. The molecule has 3 amide bonds. The first-order valence-corrected chi connectivity index (χ1v) is 20.6. The summed E-state index contributed by atoms with van der Waals surface area (Å²) in [5.41, 5.74) is 0. The van der Waals surface area contributed by atoms with E-state index in [0.29, 0.717) is 0 Å². The molecule has 0 saturated carbocycles. The highest BCUT2D eigenvalue weighted by Gasteiger charge is 2.56. The summed E-state index contributed by atoms with van der Waals surface area (Å²) in [4.78, 5) is 60.5. The van der Waals surface area contributed by atoms with E-state index in [1.54, 1.807) is 0 Å². The first-order chi connectivity index (χ1) is 31.4. The number of nitrogens with one attached hydrogen (secondary N) is 3. The molecule has 0 bridgehead atoms. The molecule has 5 fully saturated rings. The van der Waals surface area contributed by atoms with E-state index in [4.69, 9.17) is 42.6 Å². The maximum atomic E-state index is 12.7. The van der Waals surface area contributed by atoms with Crippen molar-refractivity contribution in [2.75, 3.05) is 19.8 Å². The van der Waals surface area contributed by atoms with Crippen molar-refractivity contribution in [3.05, 3.63) is 0 Å². The molecular weight excluding hydrogens is 922 g/mol. The molecule has 5 aliphatic heterocycles. The Bertz CT molecular complexity index is 1720. The van der Waals surface area contributed by atoms with Crippen LogP contribution >= 0.6 is 0 Å². The molecule has 31 nitrogen and oxygen atoms in total. The van der Waals surface area contributed by atoms with Gasteiger partial charge >= 0.3 is 11.9 Å². The molecule has 5 saturated heterocycles. The molecule has 0 aromatic rings. The van der Waals surface area contributed by atoms with Crippen LogP contribution in [-0.4, -0.2) is 274 Å². The summed E-state index contributed by atoms with van der Waals surface area (Å²) in [5, 5.41) is 154. The van der Waals surface area contributed by atoms with Crippen LogP contribution in [0.5, 0.6) is 0 Å². The highest BCUT2D eigenvalue weighted by Crippen LogP contribution is 2.34. The zero-order valence-electron chi connectivity index (χ0n) is 35.5. The summed E-state index contributed by atoms with van der Waals surface area (Å²) >= 11 is 0. The van der Waals surface area contributed by atoms with Gasteiger partial charge in [0.25, 0.3) is 0 Å². The monoisotopic (exact) mass is 979 g/mol. The normalized spacial score (nSPS) is 45.9. The summed E-state index contributed by atoms with van der Waals surface area (Å²) in [5.74, 6) is -6.07. The third kappa shape index (κ3) is 12.3. The molecule has 67 heavy (non-hydrogen) atoms. The Balaban J connectivity index is 1.46. The number of ether oxygens (including phenoxy) is 9. The lowest BCUT2D eigenvalue weighted by Crippen LogP contribution is -2.69. The predicted molar refractivity (Wildman–Crippen MR) is 202 cm³/mol. The Kier molecular flexibility index (Phi) is 18.7. The number of aliphatic hydroxyl groups excluding tert-OH is 12. The lowest BCUT2D eigenvalue weighted by molar-refractivity contribution is -0.353. The van der Waals surface area contributed by atoms with Gasteiger partial charge in [0.05, 0.1) is 19.8 Å². The van der Waals surface area contributed by atoms with Gasteiger partial charge < -0.3 is 130 Å². The average molecular weight is 980 g/mol. The lowest BCUT2D eigenvalue weighted by Gasteiger charge is -2.49. The van der Waals surface area contributed by atoms with Crippen molar-refractivity contribution >= 4 is 29.7 Å². The van der Waals surface area contributed by atoms with Gasteiger partial charge in [-0.2, -0.15) is 0 Å². The van der Waals surface area contributed by atoms with E-state index in [0.717, 1.165) is 20.8 Å². The molecule has 384 valence electrons. The van der Waals surface area contributed by atoms with Gasteiger partial charge in [0.2, 0.25) is 17.7 Å². The second kappa shape index (κ2) is 23.0. The van der Waals surface area contributed by atoms with Crippen molar-refractivity contribution < 1.29 is 138 Å². The number of carboxylic acid groups (broad SMARTS) is 2. The molecule has 0 radical (unpaired) electrons. The van der Waals surface area contributed by atoms with Crippen LogP contribution in [0, 0.1) is 0 Å². The zero-order chi connectivity index (χ0) is 49.9. The van der Waals surface area contributed by atoms with Crippen molar-refractivity contribution in [3.63, 3.8) is 0 Å². The maximum Gasteiger partial charge on any atom is 0.335 e. The summed E-state index contributed by atoms with van der Waals surface area (Å²) in [6.45, 7) is 0.360.